The molecule has 0 fully saturated rings. The molecular weight excluding hydrogens is 468 g/mol. The molecule has 0 saturated heterocycles. The van der Waals surface area contributed by atoms with Crippen molar-refractivity contribution in [3.63, 3.8) is 0 Å². The summed E-state index contributed by atoms with van der Waals surface area (Å²) in [6.07, 6.45) is -2.05. The summed E-state index contributed by atoms with van der Waals surface area (Å²) < 4.78 is 0. The standard InChI is InChI=1S/C21H28N4O10/c22-12(10-26)18(31)23-13(6-7-16(27)28)19(32)24-14(9-17(29)30)20(33)25-15(21(34)35)8-11-4-2-1-3-5-11/h1-5,12-15,26H,6-10,22H2,(H,23,31)(H,24,32)(H,25,33)(H,27,28)(H,29,30)(H,34,35). The van der Waals surface area contributed by atoms with Gasteiger partial charge in [0.1, 0.15) is 24.2 Å². The van der Waals surface area contributed by atoms with E-state index < -0.39 is 85.7 Å². The number of aliphatic hydroxyl groups is 1. The maximum atomic E-state index is 12.7. The van der Waals surface area contributed by atoms with Crippen LogP contribution in [0.1, 0.15) is 24.8 Å². The minimum atomic E-state index is -1.74. The molecule has 14 nitrogen and oxygen atoms in total. The van der Waals surface area contributed by atoms with Crippen molar-refractivity contribution in [1.29, 1.82) is 0 Å². The van der Waals surface area contributed by atoms with Gasteiger partial charge in [0, 0.05) is 12.8 Å². The molecule has 1 aromatic rings. The summed E-state index contributed by atoms with van der Waals surface area (Å²) in [5.74, 6) is -7.37. The fourth-order valence-electron chi connectivity index (χ4n) is 2.88. The second kappa shape index (κ2) is 14.3. The Morgan fingerprint density at radius 3 is 1.83 bits per heavy atom. The lowest BCUT2D eigenvalue weighted by Gasteiger charge is -2.24. The summed E-state index contributed by atoms with van der Waals surface area (Å²) in [6, 6.07) is 2.18. The Kier molecular flexibility index (Phi) is 11.8. The molecule has 4 unspecified atom stereocenters. The van der Waals surface area contributed by atoms with Gasteiger partial charge in [0.15, 0.2) is 0 Å². The van der Waals surface area contributed by atoms with Crippen molar-refractivity contribution < 1.29 is 49.2 Å². The quantitative estimate of drug-likeness (QED) is 0.125. The highest BCUT2D eigenvalue weighted by Crippen LogP contribution is 2.06. The number of carboxylic acid groups (broad SMARTS) is 3. The first-order valence-electron chi connectivity index (χ1n) is 10.4. The molecule has 0 aliphatic heterocycles. The third-order valence-electron chi connectivity index (χ3n) is 4.72. The molecule has 0 aliphatic rings. The molecule has 0 radical (unpaired) electrons. The van der Waals surface area contributed by atoms with Crippen LogP contribution in [0.4, 0.5) is 0 Å². The number of carbonyl (C=O) groups excluding carboxylic acids is 3. The second-order valence-electron chi connectivity index (χ2n) is 7.53. The average Bonchev–Trinajstić information content (AvgIpc) is 2.80. The number of hydrogen-bond acceptors (Lipinski definition) is 8. The van der Waals surface area contributed by atoms with E-state index in [0.29, 0.717) is 5.56 Å². The van der Waals surface area contributed by atoms with Gasteiger partial charge in [-0.3, -0.25) is 24.0 Å². The van der Waals surface area contributed by atoms with Crippen molar-refractivity contribution in [1.82, 2.24) is 16.0 Å². The molecule has 9 N–H and O–H groups in total. The Morgan fingerprint density at radius 2 is 1.31 bits per heavy atom. The van der Waals surface area contributed by atoms with Crippen molar-refractivity contribution in [2.24, 2.45) is 5.73 Å². The summed E-state index contributed by atoms with van der Waals surface area (Å²) in [7, 11) is 0. The van der Waals surface area contributed by atoms with E-state index in [9.17, 15) is 33.9 Å². The van der Waals surface area contributed by atoms with Gasteiger partial charge in [-0.15, -0.1) is 0 Å². The van der Waals surface area contributed by atoms with Crippen LogP contribution in [0.25, 0.3) is 0 Å². The van der Waals surface area contributed by atoms with Crippen molar-refractivity contribution >= 4 is 35.6 Å². The number of benzene rings is 1. The van der Waals surface area contributed by atoms with Crippen molar-refractivity contribution in [2.45, 2.75) is 49.9 Å². The van der Waals surface area contributed by atoms with Gasteiger partial charge in [-0.05, 0) is 12.0 Å². The van der Waals surface area contributed by atoms with Gasteiger partial charge in [0.05, 0.1) is 13.0 Å². The monoisotopic (exact) mass is 496 g/mol. The molecule has 0 aliphatic carbocycles. The first kappa shape index (κ1) is 29.0. The number of hydrogen-bond donors (Lipinski definition) is 8. The zero-order chi connectivity index (χ0) is 26.5. The number of nitrogens with one attached hydrogen (secondary N) is 3. The third-order valence-corrected chi connectivity index (χ3v) is 4.72. The third kappa shape index (κ3) is 10.6. The number of aliphatic carboxylic acids is 3. The Bertz CT molecular complexity index is 924. The molecular formula is C21H28N4O10. The topological polar surface area (TPSA) is 245 Å². The highest BCUT2D eigenvalue weighted by atomic mass is 16.4. The van der Waals surface area contributed by atoms with Crippen LogP contribution in [0.15, 0.2) is 30.3 Å². The predicted octanol–water partition coefficient (Wildman–Crippen LogP) is -2.57. The van der Waals surface area contributed by atoms with Crippen LogP contribution in [0.5, 0.6) is 0 Å². The summed E-state index contributed by atoms with van der Waals surface area (Å²) in [5, 5.41) is 42.9. The highest BCUT2D eigenvalue weighted by Gasteiger charge is 2.31. The number of carbonyl (C=O) groups is 6. The summed E-state index contributed by atoms with van der Waals surface area (Å²) >= 11 is 0. The summed E-state index contributed by atoms with van der Waals surface area (Å²) in [5.41, 5.74) is 5.95. The predicted molar refractivity (Wildman–Crippen MR) is 118 cm³/mol. The van der Waals surface area contributed by atoms with Crippen molar-refractivity contribution in [3.05, 3.63) is 35.9 Å². The van der Waals surface area contributed by atoms with E-state index in [2.05, 4.69) is 16.0 Å². The van der Waals surface area contributed by atoms with E-state index in [1.54, 1.807) is 30.3 Å². The Labute approximate surface area is 199 Å². The molecule has 0 bridgehead atoms. The van der Waals surface area contributed by atoms with Crippen molar-refractivity contribution in [3.8, 4) is 0 Å². The summed E-state index contributed by atoms with van der Waals surface area (Å²) in [4.78, 5) is 71.1. The second-order valence-corrected chi connectivity index (χ2v) is 7.53. The van der Waals surface area contributed by atoms with Gasteiger partial charge >= 0.3 is 17.9 Å². The zero-order valence-electron chi connectivity index (χ0n) is 18.5. The highest BCUT2D eigenvalue weighted by molar-refractivity contribution is 5.95. The normalized spacial score (nSPS) is 14.0. The number of carboxylic acids is 3. The molecule has 192 valence electrons. The lowest BCUT2D eigenvalue weighted by Crippen LogP contribution is -2.58. The largest absolute Gasteiger partial charge is 0.481 e. The van der Waals surface area contributed by atoms with Crippen LogP contribution in [0.2, 0.25) is 0 Å². The molecule has 35 heavy (non-hydrogen) atoms. The number of aliphatic hydroxyl groups excluding tert-OH is 1. The first-order valence-corrected chi connectivity index (χ1v) is 10.4. The lowest BCUT2D eigenvalue weighted by molar-refractivity contribution is -0.143. The molecule has 3 amide bonds. The van der Waals surface area contributed by atoms with E-state index in [4.69, 9.17) is 21.1 Å². The Morgan fingerprint density at radius 1 is 0.771 bits per heavy atom. The molecule has 0 aromatic heterocycles. The van der Waals surface area contributed by atoms with Crippen LogP contribution >= 0.6 is 0 Å². The number of nitrogens with two attached hydrogens (primary N) is 1. The average molecular weight is 496 g/mol. The zero-order valence-corrected chi connectivity index (χ0v) is 18.5. The van der Waals surface area contributed by atoms with Crippen LogP contribution in [0.3, 0.4) is 0 Å². The van der Waals surface area contributed by atoms with E-state index in [0.717, 1.165) is 0 Å². The smallest absolute Gasteiger partial charge is 0.326 e. The molecule has 0 saturated carbocycles. The first-order chi connectivity index (χ1) is 16.4. The van der Waals surface area contributed by atoms with Gasteiger partial charge in [-0.2, -0.15) is 0 Å². The maximum Gasteiger partial charge on any atom is 0.326 e. The van der Waals surface area contributed by atoms with Crippen LogP contribution in [-0.4, -0.2) is 86.8 Å². The number of rotatable bonds is 15. The Balaban J connectivity index is 3.02. The molecule has 1 aromatic carbocycles. The van der Waals surface area contributed by atoms with Gasteiger partial charge < -0.3 is 42.1 Å². The van der Waals surface area contributed by atoms with Crippen molar-refractivity contribution in [2.75, 3.05) is 6.61 Å². The van der Waals surface area contributed by atoms with Gasteiger partial charge in [0.25, 0.3) is 0 Å². The van der Waals surface area contributed by atoms with E-state index >= 15 is 0 Å². The minimum Gasteiger partial charge on any atom is -0.481 e. The van der Waals surface area contributed by atoms with E-state index in [1.165, 1.54) is 0 Å². The fraction of sp³-hybridized carbons (Fsp3) is 0.429. The maximum absolute atomic E-state index is 12.7. The molecule has 14 heteroatoms. The SMILES string of the molecule is NC(CO)C(=O)NC(CCC(=O)O)C(=O)NC(CC(=O)O)C(=O)NC(Cc1ccccc1)C(=O)O. The summed E-state index contributed by atoms with van der Waals surface area (Å²) in [6.45, 7) is -0.763. The van der Waals surface area contributed by atoms with Gasteiger partial charge in [-0.25, -0.2) is 4.79 Å². The fourth-order valence-corrected chi connectivity index (χ4v) is 2.88. The molecule has 0 spiro atoms. The van der Waals surface area contributed by atoms with E-state index in [1.807, 2.05) is 0 Å². The lowest BCUT2D eigenvalue weighted by atomic mass is 10.0. The number of amides is 3. The molecule has 4 atom stereocenters. The van der Waals surface area contributed by atoms with E-state index in [-0.39, 0.29) is 6.42 Å². The molecule has 1 rings (SSSR count). The minimum absolute atomic E-state index is 0.119. The van der Waals surface area contributed by atoms with Gasteiger partial charge in [-0.1, -0.05) is 30.3 Å². The van der Waals surface area contributed by atoms with Crippen LogP contribution in [0, 0.1) is 0 Å². The Hall–Kier alpha value is -4.04. The van der Waals surface area contributed by atoms with Crippen LogP contribution in [-0.2, 0) is 35.2 Å². The van der Waals surface area contributed by atoms with Crippen LogP contribution < -0.4 is 21.7 Å². The van der Waals surface area contributed by atoms with Gasteiger partial charge in [0.2, 0.25) is 17.7 Å². The molecule has 0 heterocycles.